The Balaban J connectivity index is 1.51. The zero-order chi connectivity index (χ0) is 20.2. The Morgan fingerprint density at radius 3 is 2.55 bits per heavy atom. The first kappa shape index (κ1) is 19.3. The van der Waals surface area contributed by atoms with E-state index in [1.165, 1.54) is 0 Å². The van der Waals surface area contributed by atoms with Gasteiger partial charge in [-0.05, 0) is 49.1 Å². The summed E-state index contributed by atoms with van der Waals surface area (Å²) < 4.78 is 17.4. The van der Waals surface area contributed by atoms with E-state index in [9.17, 15) is 5.02 Å². The van der Waals surface area contributed by atoms with Crippen molar-refractivity contribution in [3.8, 4) is 23.3 Å². The van der Waals surface area contributed by atoms with Gasteiger partial charge in [0.05, 0.1) is 7.11 Å². The minimum atomic E-state index is -0.679. The van der Waals surface area contributed by atoms with Crippen molar-refractivity contribution < 1.29 is 19.2 Å². The van der Waals surface area contributed by atoms with E-state index in [-0.39, 0.29) is 6.10 Å². The van der Waals surface area contributed by atoms with Gasteiger partial charge in [0, 0.05) is 17.7 Å². The normalized spacial score (nSPS) is 14.9. The molecule has 1 aliphatic carbocycles. The summed E-state index contributed by atoms with van der Waals surface area (Å²) in [7, 11) is 2.62. The van der Waals surface area contributed by atoms with E-state index in [0.29, 0.717) is 11.8 Å². The van der Waals surface area contributed by atoms with Gasteiger partial charge in [-0.3, -0.25) is 0 Å². The molecule has 0 radical (unpaired) electrons. The summed E-state index contributed by atoms with van der Waals surface area (Å²) in [5.74, 6) is 2.58. The Hall–Kier alpha value is -3.03. The van der Waals surface area contributed by atoms with Crippen molar-refractivity contribution in [3.05, 3.63) is 71.8 Å². The maximum Gasteiger partial charge on any atom is 0.412 e. The van der Waals surface area contributed by atoms with Crippen LogP contribution < -0.4 is 24.9 Å². The van der Waals surface area contributed by atoms with Crippen molar-refractivity contribution in [1.82, 2.24) is 10.2 Å². The highest BCUT2D eigenvalue weighted by molar-refractivity contribution is 6.63. The van der Waals surface area contributed by atoms with Crippen molar-refractivity contribution in [2.75, 3.05) is 14.2 Å². The van der Waals surface area contributed by atoms with E-state index in [1.54, 1.807) is 20.2 Å². The van der Waals surface area contributed by atoms with Crippen molar-refractivity contribution in [2.45, 2.75) is 18.9 Å². The van der Waals surface area contributed by atoms with Gasteiger partial charge in [0.1, 0.15) is 17.6 Å². The Kier molecular flexibility index (Phi) is 5.69. The molecule has 0 spiro atoms. The lowest BCUT2D eigenvalue weighted by Crippen LogP contribution is -2.42. The number of ether oxygens (including phenoxy) is 3. The first-order valence-electron chi connectivity index (χ1n) is 9.60. The standard InChI is InChI=1S/C22H23BN2O4/c1-24-23(26)15-9-11-16(12-10-15)28-20-14-13-18-17(20)5-3-6-19(18)29-22-8-4-7-21(25-22)27-2/h3-12,20,24,26H,13-14H2,1-2H3/t20-/m1/s1. The first-order valence-corrected chi connectivity index (χ1v) is 9.60. The van der Waals surface area contributed by atoms with Gasteiger partial charge < -0.3 is 24.5 Å². The Morgan fingerprint density at radius 1 is 1.03 bits per heavy atom. The minimum Gasteiger partial charge on any atom is -0.486 e. The van der Waals surface area contributed by atoms with E-state index in [0.717, 1.165) is 40.9 Å². The molecule has 0 saturated heterocycles. The number of rotatable bonds is 7. The molecule has 1 aliphatic rings. The van der Waals surface area contributed by atoms with Crippen molar-refractivity contribution in [1.29, 1.82) is 0 Å². The minimum absolute atomic E-state index is 0.0353. The SMILES string of the molecule is CNB(O)c1ccc(O[C@@H]2CCc3c(Oc4cccc(OC)n4)cccc32)cc1. The number of pyridine rings is 1. The Bertz CT molecular complexity index is 981. The molecular formula is C22H23BN2O4. The summed E-state index contributed by atoms with van der Waals surface area (Å²) in [5.41, 5.74) is 3.07. The van der Waals surface area contributed by atoms with E-state index in [1.807, 2.05) is 48.5 Å². The number of hydrogen-bond acceptors (Lipinski definition) is 6. The number of hydrogen-bond donors (Lipinski definition) is 2. The van der Waals surface area contributed by atoms with Crippen molar-refractivity contribution in [2.24, 2.45) is 0 Å². The Labute approximate surface area is 170 Å². The molecule has 0 amide bonds. The molecular weight excluding hydrogens is 367 g/mol. The average Bonchev–Trinajstić information content (AvgIpc) is 3.17. The summed E-state index contributed by atoms with van der Waals surface area (Å²) in [5, 5.41) is 12.6. The highest BCUT2D eigenvalue weighted by Gasteiger charge is 2.27. The number of nitrogens with zero attached hydrogens (tertiary/aromatic N) is 1. The molecule has 4 rings (SSSR count). The highest BCUT2D eigenvalue weighted by atomic mass is 16.5. The van der Waals surface area contributed by atoms with Crippen LogP contribution in [0.5, 0.6) is 23.3 Å². The van der Waals surface area contributed by atoms with Crippen LogP contribution in [0, 0.1) is 0 Å². The van der Waals surface area contributed by atoms with Gasteiger partial charge in [0.2, 0.25) is 11.8 Å². The van der Waals surface area contributed by atoms with Crippen molar-refractivity contribution in [3.63, 3.8) is 0 Å². The van der Waals surface area contributed by atoms with Crippen LogP contribution in [-0.4, -0.2) is 31.2 Å². The third-order valence-corrected chi connectivity index (χ3v) is 5.04. The summed E-state index contributed by atoms with van der Waals surface area (Å²) in [6.45, 7) is 0. The quantitative estimate of drug-likeness (QED) is 0.605. The number of benzene rings is 2. The van der Waals surface area contributed by atoms with Crippen LogP contribution in [0.2, 0.25) is 0 Å². The fourth-order valence-corrected chi connectivity index (χ4v) is 3.54. The lowest BCUT2D eigenvalue weighted by molar-refractivity contribution is 0.207. The molecule has 3 aromatic rings. The molecule has 1 atom stereocenters. The second-order valence-corrected chi connectivity index (χ2v) is 6.85. The monoisotopic (exact) mass is 390 g/mol. The largest absolute Gasteiger partial charge is 0.486 e. The van der Waals surface area contributed by atoms with Gasteiger partial charge in [0.25, 0.3) is 0 Å². The average molecular weight is 390 g/mol. The van der Waals surface area contributed by atoms with Crippen LogP contribution in [0.4, 0.5) is 0 Å². The van der Waals surface area contributed by atoms with Gasteiger partial charge in [-0.25, -0.2) is 0 Å². The summed E-state index contributed by atoms with van der Waals surface area (Å²) in [4.78, 5) is 4.33. The lowest BCUT2D eigenvalue weighted by atomic mass is 9.75. The number of fused-ring (bicyclic) bond motifs is 1. The van der Waals surface area contributed by atoms with Gasteiger partial charge >= 0.3 is 7.05 Å². The van der Waals surface area contributed by atoms with Crippen LogP contribution in [-0.2, 0) is 6.42 Å². The maximum atomic E-state index is 9.84. The fraction of sp³-hybridized carbons (Fsp3) is 0.227. The van der Waals surface area contributed by atoms with E-state index in [2.05, 4.69) is 16.3 Å². The van der Waals surface area contributed by atoms with Crippen LogP contribution in [0.3, 0.4) is 0 Å². The van der Waals surface area contributed by atoms with E-state index < -0.39 is 7.05 Å². The van der Waals surface area contributed by atoms with E-state index >= 15 is 0 Å². The summed E-state index contributed by atoms with van der Waals surface area (Å²) in [6, 6.07) is 18.9. The van der Waals surface area contributed by atoms with Gasteiger partial charge in [-0.15, -0.1) is 0 Å². The molecule has 0 fully saturated rings. The van der Waals surface area contributed by atoms with Crippen LogP contribution in [0.25, 0.3) is 0 Å². The zero-order valence-electron chi connectivity index (χ0n) is 16.5. The molecule has 6 nitrogen and oxygen atoms in total. The molecule has 7 heteroatoms. The molecule has 0 saturated carbocycles. The summed E-state index contributed by atoms with van der Waals surface area (Å²) >= 11 is 0. The molecule has 0 bridgehead atoms. The second kappa shape index (κ2) is 8.55. The molecule has 148 valence electrons. The highest BCUT2D eigenvalue weighted by Crippen LogP contribution is 2.40. The van der Waals surface area contributed by atoms with Crippen molar-refractivity contribution >= 4 is 12.5 Å². The maximum absolute atomic E-state index is 9.84. The summed E-state index contributed by atoms with van der Waals surface area (Å²) in [6.07, 6.45) is 1.71. The number of aromatic nitrogens is 1. The van der Waals surface area contributed by atoms with Crippen LogP contribution in [0.1, 0.15) is 23.7 Å². The molecule has 1 heterocycles. The third-order valence-electron chi connectivity index (χ3n) is 5.04. The van der Waals surface area contributed by atoms with Gasteiger partial charge in [0.15, 0.2) is 0 Å². The topological polar surface area (TPSA) is 72.8 Å². The van der Waals surface area contributed by atoms with Crippen LogP contribution in [0.15, 0.2) is 60.7 Å². The van der Waals surface area contributed by atoms with E-state index in [4.69, 9.17) is 14.2 Å². The molecule has 29 heavy (non-hydrogen) atoms. The molecule has 2 N–H and O–H groups in total. The van der Waals surface area contributed by atoms with Gasteiger partial charge in [-0.1, -0.05) is 30.3 Å². The second-order valence-electron chi connectivity index (χ2n) is 6.85. The molecule has 1 aromatic heterocycles. The number of nitrogens with one attached hydrogen (secondary N) is 1. The molecule has 0 unspecified atom stereocenters. The molecule has 2 aromatic carbocycles. The smallest absolute Gasteiger partial charge is 0.412 e. The predicted molar refractivity (Wildman–Crippen MR) is 112 cm³/mol. The van der Waals surface area contributed by atoms with Crippen LogP contribution >= 0.6 is 0 Å². The fourth-order valence-electron chi connectivity index (χ4n) is 3.54. The lowest BCUT2D eigenvalue weighted by Gasteiger charge is -2.16. The zero-order valence-corrected chi connectivity index (χ0v) is 16.5. The Morgan fingerprint density at radius 2 is 1.79 bits per heavy atom. The third kappa shape index (κ3) is 4.21. The predicted octanol–water partition coefficient (Wildman–Crippen LogP) is 2.86. The van der Waals surface area contributed by atoms with Gasteiger partial charge in [-0.2, -0.15) is 4.98 Å². The molecule has 0 aliphatic heterocycles. The number of methoxy groups -OCH3 is 1. The first-order chi connectivity index (χ1) is 14.2.